The predicted molar refractivity (Wildman–Crippen MR) is 119 cm³/mol. The Balaban J connectivity index is 1.82. The molecule has 0 aliphatic carbocycles. The lowest BCUT2D eigenvalue weighted by Crippen LogP contribution is -2.27. The number of fused-ring (bicyclic) bond motifs is 1. The number of benzene rings is 2. The summed E-state index contributed by atoms with van der Waals surface area (Å²) in [5, 5.41) is 9.24. The van der Waals surface area contributed by atoms with Crippen LogP contribution >= 0.6 is 35.3 Å². The van der Waals surface area contributed by atoms with Crippen molar-refractivity contribution in [3.63, 3.8) is 0 Å². The van der Waals surface area contributed by atoms with Crippen LogP contribution in [0.4, 0.5) is 0 Å². The highest BCUT2D eigenvalue weighted by Gasteiger charge is 2.39. The maximum Gasteiger partial charge on any atom is 0.335 e. The number of carboxylic acids is 1. The van der Waals surface area contributed by atoms with Gasteiger partial charge in [0, 0.05) is 4.90 Å². The van der Waals surface area contributed by atoms with Crippen LogP contribution in [0.2, 0.25) is 0 Å². The van der Waals surface area contributed by atoms with Crippen molar-refractivity contribution < 1.29 is 9.90 Å². The smallest absolute Gasteiger partial charge is 0.335 e. The Kier molecular flexibility index (Phi) is 5.30. The first kappa shape index (κ1) is 19.3. The van der Waals surface area contributed by atoms with Gasteiger partial charge in [0.1, 0.15) is 4.08 Å². The third kappa shape index (κ3) is 3.54. The van der Waals surface area contributed by atoms with Crippen molar-refractivity contribution in [1.82, 2.24) is 0 Å². The molecule has 2 aromatic carbocycles. The zero-order valence-corrected chi connectivity index (χ0v) is 18.1. The van der Waals surface area contributed by atoms with Crippen molar-refractivity contribution in [2.24, 2.45) is 0 Å². The van der Waals surface area contributed by atoms with E-state index in [2.05, 4.69) is 32.0 Å². The second kappa shape index (κ2) is 7.41. The van der Waals surface area contributed by atoms with Crippen molar-refractivity contribution in [3.8, 4) is 0 Å². The van der Waals surface area contributed by atoms with Crippen LogP contribution in [0.1, 0.15) is 53.7 Å². The molecule has 2 aromatic rings. The molecule has 2 heterocycles. The molecule has 142 valence electrons. The maximum atomic E-state index is 11.3. The third-order valence-electron chi connectivity index (χ3n) is 5.48. The Morgan fingerprint density at radius 2 is 1.63 bits per heavy atom. The molecule has 4 rings (SSSR count). The second-order valence-electron chi connectivity index (χ2n) is 7.74. The Hall–Kier alpha value is -1.04. The minimum Gasteiger partial charge on any atom is -0.478 e. The quantitative estimate of drug-likeness (QED) is 0.642. The number of carbonyl (C=O) groups is 1. The zero-order chi connectivity index (χ0) is 19.1. The molecule has 0 bridgehead atoms. The predicted octanol–water partition coefficient (Wildman–Crippen LogP) is 6.23. The van der Waals surface area contributed by atoms with Crippen LogP contribution in [0.3, 0.4) is 0 Å². The fraction of sp³-hybridized carbons (Fsp3) is 0.409. The molecule has 2 aliphatic heterocycles. The molecular formula is C22H24O2S3. The van der Waals surface area contributed by atoms with Crippen molar-refractivity contribution in [2.75, 3.05) is 17.3 Å². The van der Waals surface area contributed by atoms with Gasteiger partial charge in [-0.15, -0.1) is 35.3 Å². The molecule has 1 fully saturated rings. The van der Waals surface area contributed by atoms with Crippen LogP contribution in [-0.4, -0.2) is 28.3 Å². The van der Waals surface area contributed by atoms with E-state index >= 15 is 0 Å². The van der Waals surface area contributed by atoms with E-state index in [4.69, 9.17) is 0 Å². The molecular weight excluding hydrogens is 392 g/mol. The fourth-order valence-corrected chi connectivity index (χ4v) is 8.65. The lowest BCUT2D eigenvalue weighted by Gasteiger charge is -2.39. The Morgan fingerprint density at radius 1 is 0.963 bits per heavy atom. The minimum absolute atomic E-state index is 0.150. The molecule has 1 saturated heterocycles. The summed E-state index contributed by atoms with van der Waals surface area (Å²) >= 11 is 5.95. The molecule has 1 N–H and O–H groups in total. The molecule has 0 aromatic heterocycles. The summed E-state index contributed by atoms with van der Waals surface area (Å²) in [7, 11) is 0. The highest BCUT2D eigenvalue weighted by atomic mass is 32.2. The van der Waals surface area contributed by atoms with Crippen LogP contribution in [-0.2, 0) is 9.49 Å². The summed E-state index contributed by atoms with van der Waals surface area (Å²) in [5.41, 5.74) is 4.56. The van der Waals surface area contributed by atoms with Gasteiger partial charge in [0.2, 0.25) is 0 Å². The molecule has 0 unspecified atom stereocenters. The van der Waals surface area contributed by atoms with Gasteiger partial charge in [-0.05, 0) is 70.4 Å². The lowest BCUT2D eigenvalue weighted by molar-refractivity contribution is 0.0697. The van der Waals surface area contributed by atoms with Crippen molar-refractivity contribution in [2.45, 2.75) is 41.1 Å². The molecule has 0 spiro atoms. The SMILES string of the molecule is CC1(C)CCSc2ccc(C3(c4ccc(C(=O)O)cc4)SCCCS3)cc21. The Bertz CT molecular complexity index is 852. The van der Waals surface area contributed by atoms with Gasteiger partial charge in [-0.3, -0.25) is 0 Å². The van der Waals surface area contributed by atoms with Gasteiger partial charge in [0.05, 0.1) is 5.56 Å². The first-order chi connectivity index (χ1) is 12.9. The molecule has 0 radical (unpaired) electrons. The van der Waals surface area contributed by atoms with Crippen molar-refractivity contribution in [3.05, 3.63) is 64.7 Å². The van der Waals surface area contributed by atoms with E-state index in [1.54, 1.807) is 12.1 Å². The number of hydrogen-bond donors (Lipinski definition) is 1. The second-order valence-corrected chi connectivity index (χ2v) is 11.8. The van der Waals surface area contributed by atoms with E-state index in [0.29, 0.717) is 5.56 Å². The summed E-state index contributed by atoms with van der Waals surface area (Å²) in [6, 6.07) is 14.5. The Morgan fingerprint density at radius 3 is 2.30 bits per heavy atom. The topological polar surface area (TPSA) is 37.3 Å². The average molecular weight is 417 g/mol. The van der Waals surface area contributed by atoms with Crippen LogP contribution < -0.4 is 0 Å². The van der Waals surface area contributed by atoms with E-state index in [-0.39, 0.29) is 9.49 Å². The molecule has 2 nitrogen and oxygen atoms in total. The summed E-state index contributed by atoms with van der Waals surface area (Å²) < 4.78 is -0.150. The fourth-order valence-electron chi connectivity index (χ4n) is 3.80. The van der Waals surface area contributed by atoms with Gasteiger partial charge < -0.3 is 5.11 Å². The van der Waals surface area contributed by atoms with Gasteiger partial charge in [0.15, 0.2) is 0 Å². The third-order valence-corrected chi connectivity index (χ3v) is 10.0. The van der Waals surface area contributed by atoms with Gasteiger partial charge >= 0.3 is 5.97 Å². The van der Waals surface area contributed by atoms with E-state index in [1.165, 1.54) is 40.2 Å². The largest absolute Gasteiger partial charge is 0.478 e. The standard InChI is InChI=1S/C22H24O2S3/c1-21(2)10-13-25-19-9-8-17(14-18(19)21)22(26-11-3-12-27-22)16-6-4-15(5-7-16)20(23)24/h4-9,14H,3,10-13H2,1-2H3,(H,23,24). The van der Waals surface area contributed by atoms with Gasteiger partial charge in [-0.25, -0.2) is 4.79 Å². The summed E-state index contributed by atoms with van der Waals surface area (Å²) in [6.07, 6.45) is 2.42. The van der Waals surface area contributed by atoms with Crippen LogP contribution in [0, 0.1) is 0 Å². The van der Waals surface area contributed by atoms with Gasteiger partial charge in [-0.1, -0.05) is 38.1 Å². The number of rotatable bonds is 3. The van der Waals surface area contributed by atoms with Crippen molar-refractivity contribution >= 4 is 41.3 Å². The number of hydrogen-bond acceptors (Lipinski definition) is 4. The van der Waals surface area contributed by atoms with E-state index in [1.807, 2.05) is 47.4 Å². The first-order valence-corrected chi connectivity index (χ1v) is 12.3. The van der Waals surface area contributed by atoms with Gasteiger partial charge in [-0.2, -0.15) is 0 Å². The van der Waals surface area contributed by atoms with E-state index in [0.717, 1.165) is 11.5 Å². The number of aromatic carboxylic acids is 1. The molecule has 0 atom stereocenters. The zero-order valence-electron chi connectivity index (χ0n) is 15.7. The van der Waals surface area contributed by atoms with E-state index < -0.39 is 5.97 Å². The minimum atomic E-state index is -0.868. The average Bonchev–Trinajstić information content (AvgIpc) is 2.68. The summed E-state index contributed by atoms with van der Waals surface area (Å²) in [6.45, 7) is 4.70. The number of carboxylic acid groups (broad SMARTS) is 1. The van der Waals surface area contributed by atoms with Crippen LogP contribution in [0.25, 0.3) is 0 Å². The van der Waals surface area contributed by atoms with E-state index in [9.17, 15) is 9.90 Å². The number of thioether (sulfide) groups is 3. The van der Waals surface area contributed by atoms with Crippen LogP contribution in [0.5, 0.6) is 0 Å². The van der Waals surface area contributed by atoms with Crippen LogP contribution in [0.15, 0.2) is 47.4 Å². The normalized spacial score (nSPS) is 20.7. The van der Waals surface area contributed by atoms with Gasteiger partial charge in [0.25, 0.3) is 0 Å². The lowest BCUT2D eigenvalue weighted by atomic mass is 9.80. The highest BCUT2D eigenvalue weighted by molar-refractivity contribution is 8.18. The first-order valence-electron chi connectivity index (χ1n) is 9.32. The maximum absolute atomic E-state index is 11.3. The molecule has 5 heteroatoms. The summed E-state index contributed by atoms with van der Waals surface area (Å²) in [4.78, 5) is 12.7. The highest BCUT2D eigenvalue weighted by Crippen LogP contribution is 2.56. The molecule has 0 saturated carbocycles. The molecule has 0 amide bonds. The monoisotopic (exact) mass is 416 g/mol. The molecule has 2 aliphatic rings. The molecule has 27 heavy (non-hydrogen) atoms. The van der Waals surface area contributed by atoms with Crippen molar-refractivity contribution in [1.29, 1.82) is 0 Å². The summed E-state index contributed by atoms with van der Waals surface area (Å²) in [5.74, 6) is 2.57. The Labute approximate surface area is 173 Å².